The van der Waals surface area contributed by atoms with Crippen molar-refractivity contribution in [3.05, 3.63) is 47.7 Å². The zero-order valence-electron chi connectivity index (χ0n) is 18.5. The van der Waals surface area contributed by atoms with Gasteiger partial charge in [-0.2, -0.15) is 0 Å². The third kappa shape index (κ3) is 5.11. The number of halogens is 2. The molecule has 1 aromatic carbocycles. The Morgan fingerprint density at radius 3 is 2.62 bits per heavy atom. The molecule has 0 saturated carbocycles. The number of likely N-dealkylation sites (tertiary alicyclic amines) is 1. The Bertz CT molecular complexity index is 851. The molecule has 3 aliphatic rings. The first-order chi connectivity index (χ1) is 15.3. The van der Waals surface area contributed by atoms with Gasteiger partial charge in [0.2, 0.25) is 5.91 Å². The number of piperazine rings is 1. The van der Waals surface area contributed by atoms with Crippen molar-refractivity contribution in [1.82, 2.24) is 14.7 Å². The fraction of sp³-hybridized carbons (Fsp3) is 0.583. The summed E-state index contributed by atoms with van der Waals surface area (Å²) in [6, 6.07) is 8.95. The summed E-state index contributed by atoms with van der Waals surface area (Å²) in [5, 5.41) is 0. The lowest BCUT2D eigenvalue weighted by Crippen LogP contribution is -2.57. The molecule has 0 spiro atoms. The van der Waals surface area contributed by atoms with Gasteiger partial charge in [-0.3, -0.25) is 9.69 Å². The number of alkyl halides is 2. The van der Waals surface area contributed by atoms with E-state index in [1.165, 1.54) is 4.90 Å². The highest BCUT2D eigenvalue weighted by molar-refractivity contribution is 5.89. The minimum atomic E-state index is -2.52. The number of amides is 2. The average molecular weight is 448 g/mol. The Morgan fingerprint density at radius 1 is 1.19 bits per heavy atom. The van der Waals surface area contributed by atoms with E-state index in [9.17, 15) is 18.4 Å². The highest BCUT2D eigenvalue weighted by atomic mass is 19.3. The molecule has 3 aliphatic heterocycles. The summed E-state index contributed by atoms with van der Waals surface area (Å²) < 4.78 is 32.1. The third-order valence-electron chi connectivity index (χ3n) is 6.73. The average Bonchev–Trinajstić information content (AvgIpc) is 3.19. The highest BCUT2D eigenvalue weighted by Gasteiger charge is 2.43. The second kappa shape index (κ2) is 9.57. The van der Waals surface area contributed by atoms with Gasteiger partial charge in [0, 0.05) is 37.7 Å². The van der Waals surface area contributed by atoms with Gasteiger partial charge in [-0.25, -0.2) is 13.6 Å². The van der Waals surface area contributed by atoms with Crippen molar-refractivity contribution < 1.29 is 23.1 Å². The van der Waals surface area contributed by atoms with E-state index < -0.39 is 18.1 Å². The molecule has 3 heterocycles. The van der Waals surface area contributed by atoms with Crippen LogP contribution in [0.1, 0.15) is 44.6 Å². The number of carbonyl (C=O) groups is 2. The zero-order chi connectivity index (χ0) is 22.7. The second-order valence-corrected chi connectivity index (χ2v) is 8.98. The van der Waals surface area contributed by atoms with Gasteiger partial charge in [0.15, 0.2) is 0 Å². The number of carbonyl (C=O) groups excluding carboxylic acids is 2. The molecule has 2 saturated heterocycles. The third-order valence-corrected chi connectivity index (χ3v) is 6.73. The van der Waals surface area contributed by atoms with Gasteiger partial charge in [0.1, 0.15) is 12.6 Å². The first-order valence-corrected chi connectivity index (χ1v) is 11.4. The summed E-state index contributed by atoms with van der Waals surface area (Å²) in [4.78, 5) is 31.1. The van der Waals surface area contributed by atoms with E-state index in [-0.39, 0.29) is 31.4 Å². The molecule has 174 valence electrons. The van der Waals surface area contributed by atoms with Gasteiger partial charge >= 0.3 is 6.09 Å². The summed E-state index contributed by atoms with van der Waals surface area (Å²) in [5.74, 6) is -2.61. The number of benzene rings is 1. The number of hydrogen-bond acceptors (Lipinski definition) is 4. The van der Waals surface area contributed by atoms with Crippen molar-refractivity contribution in [2.75, 3.05) is 26.2 Å². The molecule has 2 amide bonds. The van der Waals surface area contributed by atoms with Gasteiger partial charge in [-0.1, -0.05) is 36.4 Å². The van der Waals surface area contributed by atoms with Crippen LogP contribution in [0.25, 0.3) is 0 Å². The quantitative estimate of drug-likeness (QED) is 0.661. The van der Waals surface area contributed by atoms with Crippen LogP contribution >= 0.6 is 0 Å². The topological polar surface area (TPSA) is 53.1 Å². The number of nitrogens with zero attached hydrogens (tertiary/aromatic N) is 3. The minimum absolute atomic E-state index is 0.0690. The SMILES string of the molecule is C[C@H]1C(=O)N2C(=CC[C@@H]2CCCN2CCC(F)(F)CC2)CN1C(=O)OCc1ccccc1. The summed E-state index contributed by atoms with van der Waals surface area (Å²) >= 11 is 0. The zero-order valence-corrected chi connectivity index (χ0v) is 18.5. The predicted octanol–water partition coefficient (Wildman–Crippen LogP) is 4.02. The van der Waals surface area contributed by atoms with Crippen LogP contribution in [0.5, 0.6) is 0 Å². The molecule has 0 bridgehead atoms. The van der Waals surface area contributed by atoms with Gasteiger partial charge < -0.3 is 14.5 Å². The summed E-state index contributed by atoms with van der Waals surface area (Å²) in [6.07, 6.45) is 3.86. The highest BCUT2D eigenvalue weighted by Crippen LogP contribution is 2.32. The maximum absolute atomic E-state index is 13.3. The first kappa shape index (κ1) is 22.7. The Balaban J connectivity index is 1.26. The first-order valence-electron chi connectivity index (χ1n) is 11.4. The van der Waals surface area contributed by atoms with Crippen LogP contribution in [0.15, 0.2) is 42.1 Å². The maximum atomic E-state index is 13.3. The van der Waals surface area contributed by atoms with Crippen LogP contribution < -0.4 is 0 Å². The molecule has 32 heavy (non-hydrogen) atoms. The van der Waals surface area contributed by atoms with E-state index in [1.807, 2.05) is 41.3 Å². The Labute approximate surface area is 187 Å². The molecule has 0 aliphatic carbocycles. The second-order valence-electron chi connectivity index (χ2n) is 8.98. The molecule has 4 rings (SSSR count). The van der Waals surface area contributed by atoms with E-state index >= 15 is 0 Å². The molecule has 1 aromatic rings. The number of hydrogen-bond donors (Lipinski definition) is 0. The number of ether oxygens (including phenoxy) is 1. The van der Waals surface area contributed by atoms with Gasteiger partial charge in [0.25, 0.3) is 5.92 Å². The van der Waals surface area contributed by atoms with E-state index in [1.54, 1.807) is 6.92 Å². The molecule has 8 heteroatoms. The lowest BCUT2D eigenvalue weighted by molar-refractivity contribution is -0.138. The van der Waals surface area contributed by atoms with Crippen LogP contribution in [0.3, 0.4) is 0 Å². The van der Waals surface area contributed by atoms with Crippen molar-refractivity contribution >= 4 is 12.0 Å². The summed E-state index contributed by atoms with van der Waals surface area (Å²) in [6.45, 7) is 3.91. The van der Waals surface area contributed by atoms with Gasteiger partial charge in [-0.05, 0) is 38.3 Å². The monoisotopic (exact) mass is 447 g/mol. The molecule has 6 nitrogen and oxygen atoms in total. The molecule has 0 aromatic heterocycles. The molecular formula is C24H31F2N3O3. The van der Waals surface area contributed by atoms with Crippen LogP contribution in [-0.2, 0) is 16.1 Å². The molecular weight excluding hydrogens is 416 g/mol. The molecule has 0 radical (unpaired) electrons. The summed E-state index contributed by atoms with van der Waals surface area (Å²) in [7, 11) is 0. The Morgan fingerprint density at radius 2 is 1.91 bits per heavy atom. The number of rotatable bonds is 6. The fourth-order valence-corrected chi connectivity index (χ4v) is 4.74. The smallest absolute Gasteiger partial charge is 0.411 e. The predicted molar refractivity (Wildman–Crippen MR) is 116 cm³/mol. The van der Waals surface area contributed by atoms with E-state index in [0.29, 0.717) is 19.6 Å². The van der Waals surface area contributed by atoms with Crippen molar-refractivity contribution in [2.45, 2.75) is 63.6 Å². The van der Waals surface area contributed by atoms with E-state index in [0.717, 1.165) is 37.1 Å². The van der Waals surface area contributed by atoms with Crippen molar-refractivity contribution in [3.63, 3.8) is 0 Å². The molecule has 2 atom stereocenters. The number of piperidine rings is 1. The van der Waals surface area contributed by atoms with Crippen LogP contribution in [0.2, 0.25) is 0 Å². The standard InChI is InChI=1S/C24H31F2N3O3/c1-18-22(30)29-20(8-5-13-27-14-11-24(25,26)12-15-27)9-10-21(29)16-28(18)23(31)32-17-19-6-3-2-4-7-19/h2-4,6-7,10,18,20H,5,8-9,11-17H2,1H3/t18-,20-/m0/s1. The van der Waals surface area contributed by atoms with Crippen molar-refractivity contribution in [2.24, 2.45) is 0 Å². The van der Waals surface area contributed by atoms with E-state index in [4.69, 9.17) is 4.74 Å². The minimum Gasteiger partial charge on any atom is -0.445 e. The van der Waals surface area contributed by atoms with Crippen LogP contribution in [0, 0.1) is 0 Å². The molecule has 2 fully saturated rings. The van der Waals surface area contributed by atoms with Crippen molar-refractivity contribution in [1.29, 1.82) is 0 Å². The lowest BCUT2D eigenvalue weighted by Gasteiger charge is -2.41. The number of fused-ring (bicyclic) bond motifs is 1. The maximum Gasteiger partial charge on any atom is 0.411 e. The molecule has 0 unspecified atom stereocenters. The summed E-state index contributed by atoms with van der Waals surface area (Å²) in [5.41, 5.74) is 1.75. The van der Waals surface area contributed by atoms with E-state index in [2.05, 4.69) is 4.90 Å². The lowest BCUT2D eigenvalue weighted by atomic mass is 10.0. The fourth-order valence-electron chi connectivity index (χ4n) is 4.74. The van der Waals surface area contributed by atoms with Gasteiger partial charge in [-0.15, -0.1) is 0 Å². The van der Waals surface area contributed by atoms with Crippen LogP contribution in [-0.4, -0.2) is 70.9 Å². The normalized spacial score (nSPS) is 25.5. The largest absolute Gasteiger partial charge is 0.445 e. The molecule has 0 N–H and O–H groups in total. The van der Waals surface area contributed by atoms with Gasteiger partial charge in [0.05, 0.1) is 6.54 Å². The van der Waals surface area contributed by atoms with Crippen molar-refractivity contribution in [3.8, 4) is 0 Å². The van der Waals surface area contributed by atoms with Crippen LogP contribution in [0.4, 0.5) is 13.6 Å². The Hall–Kier alpha value is -2.48. The Kier molecular flexibility index (Phi) is 6.79.